The summed E-state index contributed by atoms with van der Waals surface area (Å²) in [4.78, 5) is 48.8. The second-order valence-electron chi connectivity index (χ2n) is 7.27. The number of likely N-dealkylation sites (N-methyl/N-ethyl adjacent to an activating group) is 1. The van der Waals surface area contributed by atoms with Crippen LogP contribution < -0.4 is 4.90 Å². The maximum Gasteiger partial charge on any atom is 0.328 e. The maximum absolute atomic E-state index is 13.3. The molecule has 3 heterocycles. The number of allylic oxidation sites excluding steroid dienone is 2. The van der Waals surface area contributed by atoms with Crippen molar-refractivity contribution in [1.29, 1.82) is 0 Å². The molecule has 1 fully saturated rings. The number of anilines is 1. The van der Waals surface area contributed by atoms with Gasteiger partial charge in [0.25, 0.3) is 5.91 Å². The van der Waals surface area contributed by atoms with Gasteiger partial charge in [-0.1, -0.05) is 17.7 Å². The number of carbonyl (C=O) groups is 3. The third-order valence-corrected chi connectivity index (χ3v) is 5.79. The highest BCUT2D eigenvalue weighted by Gasteiger charge is 2.56. The molecular weight excluding hydrogens is 410 g/mol. The molecule has 0 aromatic heterocycles. The van der Waals surface area contributed by atoms with Crippen LogP contribution in [0.2, 0.25) is 5.02 Å². The second-order valence-corrected chi connectivity index (χ2v) is 7.70. The molecule has 1 saturated heterocycles. The molecule has 158 valence electrons. The average molecular weight is 432 g/mol. The van der Waals surface area contributed by atoms with Gasteiger partial charge in [0.1, 0.15) is 6.54 Å². The summed E-state index contributed by atoms with van der Waals surface area (Å²) >= 11 is 6.18. The van der Waals surface area contributed by atoms with Crippen molar-refractivity contribution in [2.75, 3.05) is 25.1 Å². The number of nitrogens with zero attached hydrogens (tertiary/aromatic N) is 5. The molecule has 3 aliphatic rings. The van der Waals surface area contributed by atoms with Gasteiger partial charge in [0, 0.05) is 23.5 Å². The van der Waals surface area contributed by atoms with Crippen LogP contribution in [0.3, 0.4) is 0 Å². The van der Waals surface area contributed by atoms with E-state index in [1.54, 1.807) is 20.0 Å². The lowest BCUT2D eigenvalue weighted by Crippen LogP contribution is -2.65. The number of esters is 1. The number of aliphatic imine (C=N–C) groups is 1. The molecule has 0 aliphatic carbocycles. The number of ether oxygens (including phenoxy) is 1. The number of benzene rings is 1. The summed E-state index contributed by atoms with van der Waals surface area (Å²) in [5.74, 6) is -0.557. The number of urea groups is 1. The van der Waals surface area contributed by atoms with Crippen molar-refractivity contribution < 1.29 is 19.1 Å². The molecular formula is C20H22ClN5O4. The van der Waals surface area contributed by atoms with E-state index < -0.39 is 36.7 Å². The number of imide groups is 1. The second kappa shape index (κ2) is 7.32. The summed E-state index contributed by atoms with van der Waals surface area (Å²) in [6, 6.07) is 6.01. The molecule has 0 radical (unpaired) electrons. The highest BCUT2D eigenvalue weighted by atomic mass is 35.5. The van der Waals surface area contributed by atoms with Crippen LogP contribution >= 0.6 is 11.6 Å². The zero-order valence-electron chi connectivity index (χ0n) is 17.1. The van der Waals surface area contributed by atoms with E-state index in [0.29, 0.717) is 11.0 Å². The number of halogens is 1. The van der Waals surface area contributed by atoms with E-state index in [1.807, 2.05) is 41.8 Å². The Morgan fingerprint density at radius 3 is 2.63 bits per heavy atom. The first-order chi connectivity index (χ1) is 14.3. The number of hydrogen-bond donors (Lipinski definition) is 0. The molecule has 10 heteroatoms. The van der Waals surface area contributed by atoms with Crippen molar-refractivity contribution in [2.24, 2.45) is 4.99 Å². The molecule has 9 nitrogen and oxygen atoms in total. The lowest BCUT2D eigenvalue weighted by molar-refractivity contribution is -0.150. The molecule has 0 N–H and O–H groups in total. The van der Waals surface area contributed by atoms with Crippen molar-refractivity contribution in [1.82, 2.24) is 14.7 Å². The number of carbonyl (C=O) groups excluding carboxylic acids is 3. The number of fused-ring (bicyclic) bond motifs is 3. The van der Waals surface area contributed by atoms with Crippen molar-refractivity contribution in [3.8, 4) is 0 Å². The Kier molecular flexibility index (Phi) is 4.93. The quantitative estimate of drug-likeness (QED) is 0.679. The molecule has 0 spiro atoms. The minimum Gasteiger partial charge on any atom is -0.465 e. The van der Waals surface area contributed by atoms with Crippen molar-refractivity contribution in [3.05, 3.63) is 40.7 Å². The van der Waals surface area contributed by atoms with Crippen LogP contribution in [0.4, 0.5) is 10.5 Å². The highest BCUT2D eigenvalue weighted by Crippen LogP contribution is 2.40. The van der Waals surface area contributed by atoms with Gasteiger partial charge in [-0.2, -0.15) is 0 Å². The van der Waals surface area contributed by atoms with E-state index in [9.17, 15) is 14.4 Å². The van der Waals surface area contributed by atoms with Crippen molar-refractivity contribution in [3.63, 3.8) is 0 Å². The molecule has 4 rings (SSSR count). The number of hydrogen-bond acceptors (Lipinski definition) is 7. The molecule has 30 heavy (non-hydrogen) atoms. The van der Waals surface area contributed by atoms with Gasteiger partial charge in [0.2, 0.25) is 5.96 Å². The highest BCUT2D eigenvalue weighted by molar-refractivity contribution is 6.31. The first-order valence-corrected chi connectivity index (χ1v) is 9.98. The molecule has 3 aliphatic heterocycles. The van der Waals surface area contributed by atoms with E-state index in [4.69, 9.17) is 21.3 Å². The van der Waals surface area contributed by atoms with E-state index in [-0.39, 0.29) is 6.61 Å². The standard InChI is InChI=1S/C20H22ClN5O4/c1-5-30-15(27)10-24-18(28)16-17(23(4)20(24)29)22-19-25(11(2)12(3)26(16)19)14-8-6-7-13(21)9-14/h6-9,16-17H,5,10H2,1-4H3. The summed E-state index contributed by atoms with van der Waals surface area (Å²) < 4.78 is 4.92. The van der Waals surface area contributed by atoms with Gasteiger partial charge in [-0.25, -0.2) is 9.79 Å². The zero-order valence-corrected chi connectivity index (χ0v) is 17.9. The first-order valence-electron chi connectivity index (χ1n) is 9.60. The first kappa shape index (κ1) is 20.2. The fraction of sp³-hybridized carbons (Fsp3) is 0.400. The van der Waals surface area contributed by atoms with Crippen LogP contribution in [-0.2, 0) is 14.3 Å². The third kappa shape index (κ3) is 2.92. The minimum atomic E-state index is -0.753. The van der Waals surface area contributed by atoms with Gasteiger partial charge in [0.05, 0.1) is 12.3 Å². The predicted molar refractivity (Wildman–Crippen MR) is 111 cm³/mol. The Balaban J connectivity index is 1.71. The van der Waals surface area contributed by atoms with Crippen LogP contribution in [0.25, 0.3) is 0 Å². The average Bonchev–Trinajstić information content (AvgIpc) is 3.19. The normalized spacial score (nSPS) is 23.2. The van der Waals surface area contributed by atoms with Crippen LogP contribution in [0.5, 0.6) is 0 Å². The monoisotopic (exact) mass is 431 g/mol. The third-order valence-electron chi connectivity index (χ3n) is 5.55. The SMILES string of the molecule is CCOC(=O)CN1C(=O)C2C(N=C3N(c4cccc(Cl)c4)C(C)=C(C)N32)N(C)C1=O. The number of amides is 3. The molecule has 3 amide bonds. The minimum absolute atomic E-state index is 0.173. The summed E-state index contributed by atoms with van der Waals surface area (Å²) in [6.07, 6.45) is -0.692. The van der Waals surface area contributed by atoms with Gasteiger partial charge in [-0.15, -0.1) is 0 Å². The number of guanidine groups is 1. The number of rotatable bonds is 4. The zero-order chi connectivity index (χ0) is 21.7. The van der Waals surface area contributed by atoms with E-state index in [0.717, 1.165) is 22.0 Å². The van der Waals surface area contributed by atoms with Gasteiger partial charge in [0.15, 0.2) is 12.2 Å². The molecule has 1 aromatic rings. The Morgan fingerprint density at radius 1 is 1.23 bits per heavy atom. The largest absolute Gasteiger partial charge is 0.465 e. The van der Waals surface area contributed by atoms with Gasteiger partial charge < -0.3 is 9.64 Å². The topological polar surface area (TPSA) is 85.8 Å². The Labute approximate surface area is 179 Å². The summed E-state index contributed by atoms with van der Waals surface area (Å²) in [5, 5.41) is 0.580. The molecule has 2 unspecified atom stereocenters. The molecule has 1 aromatic carbocycles. The predicted octanol–water partition coefficient (Wildman–Crippen LogP) is 2.23. The lowest BCUT2D eigenvalue weighted by atomic mass is 10.1. The van der Waals surface area contributed by atoms with Gasteiger partial charge in [-0.3, -0.25) is 24.3 Å². The fourth-order valence-electron chi connectivity index (χ4n) is 4.02. The Morgan fingerprint density at radius 2 is 1.97 bits per heavy atom. The van der Waals surface area contributed by atoms with E-state index in [1.165, 1.54) is 4.90 Å². The molecule has 0 saturated carbocycles. The Hall–Kier alpha value is -3.07. The Bertz CT molecular complexity index is 1010. The summed E-state index contributed by atoms with van der Waals surface area (Å²) in [7, 11) is 1.58. The van der Waals surface area contributed by atoms with Gasteiger partial charge in [-0.05, 0) is 39.0 Å². The van der Waals surface area contributed by atoms with Crippen LogP contribution in [0.1, 0.15) is 20.8 Å². The molecule has 2 atom stereocenters. The fourth-order valence-corrected chi connectivity index (χ4v) is 4.20. The van der Waals surface area contributed by atoms with Crippen molar-refractivity contribution >= 4 is 41.2 Å². The van der Waals surface area contributed by atoms with Crippen LogP contribution in [0.15, 0.2) is 40.7 Å². The van der Waals surface area contributed by atoms with E-state index in [2.05, 4.69) is 0 Å². The summed E-state index contributed by atoms with van der Waals surface area (Å²) in [5.41, 5.74) is 2.55. The van der Waals surface area contributed by atoms with Gasteiger partial charge >= 0.3 is 12.0 Å². The van der Waals surface area contributed by atoms with Crippen LogP contribution in [-0.4, -0.2) is 71.0 Å². The molecule has 0 bridgehead atoms. The smallest absolute Gasteiger partial charge is 0.328 e. The summed E-state index contributed by atoms with van der Waals surface area (Å²) in [6.45, 7) is 5.25. The maximum atomic E-state index is 13.3. The van der Waals surface area contributed by atoms with E-state index >= 15 is 0 Å². The van der Waals surface area contributed by atoms with Crippen LogP contribution in [0, 0.1) is 0 Å². The lowest BCUT2D eigenvalue weighted by Gasteiger charge is -2.40. The van der Waals surface area contributed by atoms with Crippen molar-refractivity contribution in [2.45, 2.75) is 33.0 Å².